The second-order valence-corrected chi connectivity index (χ2v) is 5.49. The maximum atomic E-state index is 12.6. The molecule has 3 rings (SSSR count). The summed E-state index contributed by atoms with van der Waals surface area (Å²) in [6.45, 7) is 0.413. The second kappa shape index (κ2) is 6.58. The van der Waals surface area contributed by atoms with Crippen LogP contribution in [0.15, 0.2) is 59.5 Å². The number of hydrogen-bond donors (Lipinski definition) is 1. The highest BCUT2D eigenvalue weighted by Crippen LogP contribution is 2.16. The van der Waals surface area contributed by atoms with Gasteiger partial charge in [-0.3, -0.25) is 4.79 Å². The van der Waals surface area contributed by atoms with Gasteiger partial charge in [0.05, 0.1) is 12.7 Å². The summed E-state index contributed by atoms with van der Waals surface area (Å²) in [5, 5.41) is 10.3. The van der Waals surface area contributed by atoms with Gasteiger partial charge in [-0.25, -0.2) is 4.79 Å². The van der Waals surface area contributed by atoms with Crippen LogP contribution in [0.4, 0.5) is 0 Å². The van der Waals surface area contributed by atoms with Crippen LogP contribution in [-0.2, 0) is 13.0 Å². The van der Waals surface area contributed by atoms with Crippen LogP contribution in [0.25, 0.3) is 10.8 Å². The molecular weight excluding hydrogens is 306 g/mol. The number of ether oxygens (including phenoxy) is 1. The number of nitrogens with zero attached hydrogens (tertiary/aromatic N) is 1. The highest BCUT2D eigenvalue weighted by Gasteiger charge is 2.13. The molecule has 0 saturated heterocycles. The number of hydrogen-bond acceptors (Lipinski definition) is 3. The molecule has 3 aromatic rings. The molecule has 0 aliphatic heterocycles. The Kier molecular flexibility index (Phi) is 4.33. The number of fused-ring (bicyclic) bond motifs is 1. The zero-order valence-corrected chi connectivity index (χ0v) is 13.2. The summed E-state index contributed by atoms with van der Waals surface area (Å²) >= 11 is 0. The minimum atomic E-state index is -1.04. The van der Waals surface area contributed by atoms with Crippen LogP contribution in [0, 0.1) is 0 Å². The van der Waals surface area contributed by atoms with Crippen molar-refractivity contribution in [2.24, 2.45) is 0 Å². The van der Waals surface area contributed by atoms with E-state index in [0.29, 0.717) is 23.7 Å². The summed E-state index contributed by atoms with van der Waals surface area (Å²) in [5.74, 6) is -0.265. The minimum absolute atomic E-state index is 0.139. The van der Waals surface area contributed by atoms with E-state index in [4.69, 9.17) is 4.74 Å². The molecule has 24 heavy (non-hydrogen) atoms. The highest BCUT2D eigenvalue weighted by atomic mass is 16.5. The number of methoxy groups -OCH3 is 1. The van der Waals surface area contributed by atoms with Crippen LogP contribution in [0.1, 0.15) is 15.9 Å². The van der Waals surface area contributed by atoms with Gasteiger partial charge in [-0.05, 0) is 30.2 Å². The summed E-state index contributed by atoms with van der Waals surface area (Å²) < 4.78 is 6.59. The van der Waals surface area contributed by atoms with Gasteiger partial charge < -0.3 is 14.4 Å². The second-order valence-electron chi connectivity index (χ2n) is 5.49. The third-order valence-corrected chi connectivity index (χ3v) is 4.02. The topological polar surface area (TPSA) is 68.5 Å². The lowest BCUT2D eigenvalue weighted by Crippen LogP contribution is -2.23. The number of carboxylic acid groups (broad SMARTS) is 1. The van der Waals surface area contributed by atoms with Crippen molar-refractivity contribution >= 4 is 16.7 Å². The molecular formula is C19H17NO4. The number of benzene rings is 2. The molecule has 122 valence electrons. The zero-order chi connectivity index (χ0) is 17.1. The molecule has 2 aromatic carbocycles. The Morgan fingerprint density at radius 3 is 2.38 bits per heavy atom. The van der Waals surface area contributed by atoms with Crippen molar-refractivity contribution in [2.75, 3.05) is 7.11 Å². The van der Waals surface area contributed by atoms with Gasteiger partial charge in [-0.2, -0.15) is 0 Å². The normalized spacial score (nSPS) is 10.7. The van der Waals surface area contributed by atoms with Gasteiger partial charge in [0.1, 0.15) is 5.75 Å². The van der Waals surface area contributed by atoms with Crippen molar-refractivity contribution in [2.45, 2.75) is 13.0 Å². The molecule has 0 atom stereocenters. The van der Waals surface area contributed by atoms with Crippen molar-refractivity contribution in [1.29, 1.82) is 0 Å². The van der Waals surface area contributed by atoms with Crippen molar-refractivity contribution in [3.63, 3.8) is 0 Å². The number of carboxylic acids is 1. The number of aromatic carboxylic acids is 1. The van der Waals surface area contributed by atoms with Crippen LogP contribution in [-0.4, -0.2) is 22.8 Å². The molecule has 0 spiro atoms. The van der Waals surface area contributed by atoms with Crippen LogP contribution < -0.4 is 10.3 Å². The third-order valence-electron chi connectivity index (χ3n) is 4.02. The molecule has 0 unspecified atom stereocenters. The first-order valence-electron chi connectivity index (χ1n) is 7.58. The van der Waals surface area contributed by atoms with E-state index in [9.17, 15) is 14.7 Å². The quantitative estimate of drug-likeness (QED) is 0.784. The molecule has 1 heterocycles. The number of rotatable bonds is 5. The van der Waals surface area contributed by atoms with Crippen LogP contribution in [0.3, 0.4) is 0 Å². The predicted molar refractivity (Wildman–Crippen MR) is 91.9 cm³/mol. The molecule has 0 amide bonds. The van der Waals surface area contributed by atoms with Crippen molar-refractivity contribution < 1.29 is 14.6 Å². The Morgan fingerprint density at radius 2 is 1.75 bits per heavy atom. The van der Waals surface area contributed by atoms with E-state index in [1.54, 1.807) is 31.4 Å². The van der Waals surface area contributed by atoms with Crippen LogP contribution in [0.5, 0.6) is 5.75 Å². The average Bonchev–Trinajstić information content (AvgIpc) is 2.61. The maximum absolute atomic E-state index is 12.6. The number of aromatic nitrogens is 1. The van der Waals surface area contributed by atoms with E-state index in [-0.39, 0.29) is 11.1 Å². The van der Waals surface area contributed by atoms with E-state index in [1.807, 2.05) is 24.3 Å². The lowest BCUT2D eigenvalue weighted by Gasteiger charge is -2.10. The third kappa shape index (κ3) is 3.01. The predicted octanol–water partition coefficient (Wildman–Crippen LogP) is 2.95. The lowest BCUT2D eigenvalue weighted by molar-refractivity contribution is 0.0698. The Hall–Kier alpha value is -3.08. The smallest absolute Gasteiger partial charge is 0.337 e. The van der Waals surface area contributed by atoms with Crippen LogP contribution >= 0.6 is 0 Å². The van der Waals surface area contributed by atoms with Gasteiger partial charge in [0, 0.05) is 23.5 Å². The van der Waals surface area contributed by atoms with Crippen molar-refractivity contribution in [3.8, 4) is 5.75 Å². The molecule has 0 aliphatic carbocycles. The number of aryl methyl sites for hydroxylation is 2. The molecule has 5 heteroatoms. The molecule has 0 radical (unpaired) electrons. The maximum Gasteiger partial charge on any atom is 0.337 e. The summed E-state index contributed by atoms with van der Waals surface area (Å²) in [4.78, 5) is 24.1. The van der Waals surface area contributed by atoms with Gasteiger partial charge >= 0.3 is 5.97 Å². The Bertz CT molecular complexity index is 942. The molecule has 1 aromatic heterocycles. The lowest BCUT2D eigenvalue weighted by atomic mass is 10.1. The van der Waals surface area contributed by atoms with Crippen molar-refractivity contribution in [1.82, 2.24) is 4.57 Å². The van der Waals surface area contributed by atoms with Gasteiger partial charge in [0.2, 0.25) is 0 Å². The van der Waals surface area contributed by atoms with E-state index in [0.717, 1.165) is 11.3 Å². The molecule has 1 N–H and O–H groups in total. The molecule has 0 bridgehead atoms. The fourth-order valence-corrected chi connectivity index (χ4v) is 2.72. The first kappa shape index (κ1) is 15.8. The van der Waals surface area contributed by atoms with Crippen LogP contribution in [0.2, 0.25) is 0 Å². The standard InChI is InChI=1S/C19H17NO4/c1-24-14-8-6-13(7-9-14)10-11-20-12-17(19(22)23)15-4-2-3-5-16(15)18(20)21/h2-9,12H,10-11H2,1H3,(H,22,23). The first-order valence-corrected chi connectivity index (χ1v) is 7.58. The van der Waals surface area contributed by atoms with Gasteiger partial charge in [0.15, 0.2) is 0 Å². The van der Waals surface area contributed by atoms with Crippen molar-refractivity contribution in [3.05, 3.63) is 76.2 Å². The number of pyridine rings is 1. The van der Waals surface area contributed by atoms with Gasteiger partial charge in [-0.15, -0.1) is 0 Å². The van der Waals surface area contributed by atoms with Gasteiger partial charge in [-0.1, -0.05) is 30.3 Å². The molecule has 0 saturated carbocycles. The minimum Gasteiger partial charge on any atom is -0.497 e. The molecule has 0 fully saturated rings. The molecule has 5 nitrogen and oxygen atoms in total. The van der Waals surface area contributed by atoms with E-state index in [1.165, 1.54) is 10.8 Å². The first-order chi connectivity index (χ1) is 11.6. The largest absolute Gasteiger partial charge is 0.497 e. The van der Waals surface area contributed by atoms with E-state index >= 15 is 0 Å². The SMILES string of the molecule is COc1ccc(CCn2cc(C(=O)O)c3ccccc3c2=O)cc1. The fourth-order valence-electron chi connectivity index (χ4n) is 2.72. The average molecular weight is 323 g/mol. The summed E-state index contributed by atoms with van der Waals surface area (Å²) in [5.41, 5.74) is 1.01. The Morgan fingerprint density at radius 1 is 1.08 bits per heavy atom. The zero-order valence-electron chi connectivity index (χ0n) is 13.2. The molecule has 0 aliphatic rings. The monoisotopic (exact) mass is 323 g/mol. The summed E-state index contributed by atoms with van der Waals surface area (Å²) in [7, 11) is 1.61. The Labute approximate surface area is 138 Å². The highest BCUT2D eigenvalue weighted by molar-refractivity contribution is 6.02. The summed E-state index contributed by atoms with van der Waals surface area (Å²) in [6.07, 6.45) is 2.05. The summed E-state index contributed by atoms with van der Waals surface area (Å²) in [6, 6.07) is 14.4. The van der Waals surface area contributed by atoms with E-state index in [2.05, 4.69) is 0 Å². The van der Waals surface area contributed by atoms with Gasteiger partial charge in [0.25, 0.3) is 5.56 Å². The fraction of sp³-hybridized carbons (Fsp3) is 0.158. The van der Waals surface area contributed by atoms with E-state index < -0.39 is 5.97 Å². The number of carbonyl (C=O) groups is 1. The Balaban J connectivity index is 1.95.